The summed E-state index contributed by atoms with van der Waals surface area (Å²) in [7, 11) is 0. The summed E-state index contributed by atoms with van der Waals surface area (Å²) in [5.74, 6) is -0.588. The predicted octanol–water partition coefficient (Wildman–Crippen LogP) is 2.17. The molecule has 1 fully saturated rings. The van der Waals surface area contributed by atoms with E-state index in [0.29, 0.717) is 37.2 Å². The molecule has 0 atom stereocenters. The van der Waals surface area contributed by atoms with Gasteiger partial charge >= 0.3 is 5.97 Å². The number of hydrogen-bond acceptors (Lipinski definition) is 4. The zero-order valence-corrected chi connectivity index (χ0v) is 13.1. The van der Waals surface area contributed by atoms with Crippen molar-refractivity contribution in [1.82, 2.24) is 5.32 Å². The summed E-state index contributed by atoms with van der Waals surface area (Å²) in [5, 5.41) is 11.8. The molecule has 0 saturated heterocycles. The SMILES string of the molecule is CC(=O)c1ccc(OCCCC(=O)NC2(C(=O)O)CCC2)cc1. The first-order valence-corrected chi connectivity index (χ1v) is 7.71. The highest BCUT2D eigenvalue weighted by Gasteiger charge is 2.45. The van der Waals surface area contributed by atoms with Crippen LogP contribution in [-0.2, 0) is 9.59 Å². The Kier molecular flexibility index (Phi) is 5.36. The Balaban J connectivity index is 1.69. The number of benzene rings is 1. The first-order chi connectivity index (χ1) is 10.9. The van der Waals surface area contributed by atoms with Crippen LogP contribution in [0.15, 0.2) is 24.3 Å². The fraction of sp³-hybridized carbons (Fsp3) is 0.471. The van der Waals surface area contributed by atoms with Gasteiger partial charge in [0.2, 0.25) is 5.91 Å². The molecule has 0 spiro atoms. The third kappa shape index (κ3) is 4.31. The molecule has 1 aromatic carbocycles. The molecule has 0 bridgehead atoms. The summed E-state index contributed by atoms with van der Waals surface area (Å²) < 4.78 is 5.50. The molecule has 0 radical (unpaired) electrons. The number of amides is 1. The minimum absolute atomic E-state index is 0.00317. The van der Waals surface area contributed by atoms with Gasteiger partial charge in [-0.2, -0.15) is 0 Å². The van der Waals surface area contributed by atoms with Gasteiger partial charge in [-0.25, -0.2) is 4.79 Å². The monoisotopic (exact) mass is 319 g/mol. The van der Waals surface area contributed by atoms with Crippen LogP contribution in [-0.4, -0.2) is 34.9 Å². The smallest absolute Gasteiger partial charge is 0.329 e. The Bertz CT molecular complexity index is 590. The number of rotatable bonds is 8. The minimum atomic E-state index is -1.06. The molecule has 1 amide bonds. The maximum atomic E-state index is 11.8. The van der Waals surface area contributed by atoms with Crippen molar-refractivity contribution in [3.05, 3.63) is 29.8 Å². The van der Waals surface area contributed by atoms with Crippen LogP contribution in [0.4, 0.5) is 0 Å². The zero-order chi connectivity index (χ0) is 16.9. The predicted molar refractivity (Wildman–Crippen MR) is 83.5 cm³/mol. The van der Waals surface area contributed by atoms with Gasteiger partial charge in [0.15, 0.2) is 5.78 Å². The molecular weight excluding hydrogens is 298 g/mol. The largest absolute Gasteiger partial charge is 0.494 e. The zero-order valence-electron chi connectivity index (χ0n) is 13.1. The molecule has 2 N–H and O–H groups in total. The Morgan fingerprint density at radius 2 is 1.87 bits per heavy atom. The summed E-state index contributed by atoms with van der Waals surface area (Å²) in [6.45, 7) is 1.85. The van der Waals surface area contributed by atoms with E-state index < -0.39 is 11.5 Å². The van der Waals surface area contributed by atoms with Crippen molar-refractivity contribution in [3.8, 4) is 5.75 Å². The Hall–Kier alpha value is -2.37. The van der Waals surface area contributed by atoms with E-state index in [-0.39, 0.29) is 18.1 Å². The first-order valence-electron chi connectivity index (χ1n) is 7.71. The number of carboxylic acids is 1. The number of carbonyl (C=O) groups excluding carboxylic acids is 2. The van der Waals surface area contributed by atoms with Crippen LogP contribution in [0.3, 0.4) is 0 Å². The second-order valence-electron chi connectivity index (χ2n) is 5.82. The van der Waals surface area contributed by atoms with E-state index >= 15 is 0 Å². The highest BCUT2D eigenvalue weighted by Crippen LogP contribution is 2.32. The number of nitrogens with one attached hydrogen (secondary N) is 1. The number of hydrogen-bond donors (Lipinski definition) is 2. The van der Waals surface area contributed by atoms with Crippen molar-refractivity contribution in [2.45, 2.75) is 44.6 Å². The van der Waals surface area contributed by atoms with Crippen molar-refractivity contribution >= 4 is 17.7 Å². The molecule has 1 aliphatic rings. The van der Waals surface area contributed by atoms with Crippen LogP contribution in [0.25, 0.3) is 0 Å². The van der Waals surface area contributed by atoms with Crippen molar-refractivity contribution in [3.63, 3.8) is 0 Å². The minimum Gasteiger partial charge on any atom is -0.494 e. The van der Waals surface area contributed by atoms with Crippen LogP contribution >= 0.6 is 0 Å². The van der Waals surface area contributed by atoms with E-state index in [1.807, 2.05) is 0 Å². The van der Waals surface area contributed by atoms with Gasteiger partial charge in [0.05, 0.1) is 6.61 Å². The van der Waals surface area contributed by atoms with E-state index in [9.17, 15) is 14.4 Å². The van der Waals surface area contributed by atoms with E-state index in [1.54, 1.807) is 24.3 Å². The lowest BCUT2D eigenvalue weighted by Crippen LogP contribution is -2.59. The molecule has 0 unspecified atom stereocenters. The number of carboxylic acid groups (broad SMARTS) is 1. The van der Waals surface area contributed by atoms with Crippen molar-refractivity contribution < 1.29 is 24.2 Å². The third-order valence-corrected chi connectivity index (χ3v) is 4.07. The lowest BCUT2D eigenvalue weighted by molar-refractivity contribution is -0.151. The number of Topliss-reactive ketones (excluding diaryl/α,β-unsaturated/α-hetero) is 1. The van der Waals surface area contributed by atoms with Gasteiger partial charge in [0.25, 0.3) is 0 Å². The molecule has 1 aliphatic carbocycles. The Labute approximate surface area is 134 Å². The summed E-state index contributed by atoms with van der Waals surface area (Å²) in [6, 6.07) is 6.81. The van der Waals surface area contributed by atoms with Gasteiger partial charge in [-0.15, -0.1) is 0 Å². The number of aliphatic carboxylic acids is 1. The Morgan fingerprint density at radius 1 is 1.22 bits per heavy atom. The maximum Gasteiger partial charge on any atom is 0.329 e. The van der Waals surface area contributed by atoms with Gasteiger partial charge < -0.3 is 15.2 Å². The number of ketones is 1. The molecule has 124 valence electrons. The molecule has 23 heavy (non-hydrogen) atoms. The summed E-state index contributed by atoms with van der Waals surface area (Å²) in [6.07, 6.45) is 2.53. The molecular formula is C17H21NO5. The molecule has 0 aromatic heterocycles. The maximum absolute atomic E-state index is 11.8. The molecule has 1 aromatic rings. The summed E-state index contributed by atoms with van der Waals surface area (Å²) in [4.78, 5) is 34.1. The summed E-state index contributed by atoms with van der Waals surface area (Å²) >= 11 is 0. The van der Waals surface area contributed by atoms with Crippen molar-refractivity contribution in [2.75, 3.05) is 6.61 Å². The van der Waals surface area contributed by atoms with Crippen molar-refractivity contribution in [1.29, 1.82) is 0 Å². The average Bonchev–Trinajstić information content (AvgIpc) is 2.47. The second-order valence-corrected chi connectivity index (χ2v) is 5.82. The molecule has 2 rings (SSSR count). The molecule has 1 saturated carbocycles. The van der Waals surface area contributed by atoms with E-state index in [0.717, 1.165) is 6.42 Å². The van der Waals surface area contributed by atoms with Gasteiger partial charge in [0, 0.05) is 12.0 Å². The normalized spacial score (nSPS) is 15.3. The number of ether oxygens (including phenoxy) is 1. The van der Waals surface area contributed by atoms with E-state index in [2.05, 4.69) is 5.32 Å². The van der Waals surface area contributed by atoms with Gasteiger partial charge in [-0.3, -0.25) is 9.59 Å². The standard InChI is InChI=1S/C17H21NO5/c1-12(19)13-5-7-14(8-6-13)23-11-2-4-15(20)18-17(16(21)22)9-3-10-17/h5-8H,2-4,9-11H2,1H3,(H,18,20)(H,21,22). The van der Waals surface area contributed by atoms with Crippen LogP contribution < -0.4 is 10.1 Å². The first kappa shape index (κ1) is 17.0. The molecule has 0 heterocycles. The topological polar surface area (TPSA) is 92.7 Å². The molecule has 6 nitrogen and oxygen atoms in total. The fourth-order valence-electron chi connectivity index (χ4n) is 2.46. The molecule has 6 heteroatoms. The highest BCUT2D eigenvalue weighted by molar-refractivity contribution is 5.94. The third-order valence-electron chi connectivity index (χ3n) is 4.07. The lowest BCUT2D eigenvalue weighted by Gasteiger charge is -2.38. The van der Waals surface area contributed by atoms with Crippen LogP contribution in [0.2, 0.25) is 0 Å². The quantitative estimate of drug-likeness (QED) is 0.566. The lowest BCUT2D eigenvalue weighted by atomic mass is 9.76. The average molecular weight is 319 g/mol. The number of carbonyl (C=O) groups is 3. The van der Waals surface area contributed by atoms with Gasteiger partial charge in [-0.1, -0.05) is 0 Å². The summed E-state index contributed by atoms with van der Waals surface area (Å²) in [5.41, 5.74) is -0.434. The van der Waals surface area contributed by atoms with E-state index in [1.165, 1.54) is 6.92 Å². The molecule has 0 aliphatic heterocycles. The van der Waals surface area contributed by atoms with Crippen LogP contribution in [0.5, 0.6) is 5.75 Å². The Morgan fingerprint density at radius 3 is 2.35 bits per heavy atom. The van der Waals surface area contributed by atoms with Crippen LogP contribution in [0, 0.1) is 0 Å². The van der Waals surface area contributed by atoms with E-state index in [4.69, 9.17) is 9.84 Å². The highest BCUT2D eigenvalue weighted by atomic mass is 16.5. The second kappa shape index (κ2) is 7.26. The fourth-order valence-corrected chi connectivity index (χ4v) is 2.46. The van der Waals surface area contributed by atoms with Gasteiger partial charge in [-0.05, 0) is 56.9 Å². The van der Waals surface area contributed by atoms with Crippen LogP contribution in [0.1, 0.15) is 49.4 Å². The van der Waals surface area contributed by atoms with Gasteiger partial charge in [0.1, 0.15) is 11.3 Å². The van der Waals surface area contributed by atoms with Crippen molar-refractivity contribution in [2.24, 2.45) is 0 Å².